The van der Waals surface area contributed by atoms with Gasteiger partial charge in [0.2, 0.25) is 0 Å². The third kappa shape index (κ3) is 1.84. The van der Waals surface area contributed by atoms with Crippen molar-refractivity contribution in [1.82, 2.24) is 4.98 Å². The lowest BCUT2D eigenvalue weighted by Gasteiger charge is -1.97. The van der Waals surface area contributed by atoms with Crippen molar-refractivity contribution in [3.8, 4) is 5.75 Å². The zero-order valence-electron chi connectivity index (χ0n) is 9.30. The highest BCUT2D eigenvalue weighted by atomic mass is 16.3. The first-order valence-electron chi connectivity index (χ1n) is 5.52. The number of hydrogen-bond acceptors (Lipinski definition) is 1. The van der Waals surface area contributed by atoms with Crippen LogP contribution < -0.4 is 0 Å². The maximum absolute atomic E-state index is 9.43. The quantitative estimate of drug-likeness (QED) is 0.786. The van der Waals surface area contributed by atoms with Crippen molar-refractivity contribution in [2.24, 2.45) is 0 Å². The minimum atomic E-state index is 0.339. The van der Waals surface area contributed by atoms with Crippen LogP contribution in [0.4, 0.5) is 0 Å². The fourth-order valence-corrected chi connectivity index (χ4v) is 1.97. The maximum Gasteiger partial charge on any atom is 0.116 e. The van der Waals surface area contributed by atoms with Crippen LogP contribution in [0.2, 0.25) is 0 Å². The van der Waals surface area contributed by atoms with Crippen molar-refractivity contribution in [2.45, 2.75) is 33.1 Å². The lowest BCUT2D eigenvalue weighted by atomic mass is 10.1. The Hall–Kier alpha value is -1.44. The number of rotatable bonds is 3. The van der Waals surface area contributed by atoms with Crippen LogP contribution in [-0.2, 0) is 6.42 Å². The second-order valence-corrected chi connectivity index (χ2v) is 4.06. The molecule has 0 aliphatic rings. The molecule has 0 aliphatic carbocycles. The fourth-order valence-electron chi connectivity index (χ4n) is 1.97. The van der Waals surface area contributed by atoms with Crippen LogP contribution in [0.5, 0.6) is 5.75 Å². The first-order valence-corrected chi connectivity index (χ1v) is 5.52. The van der Waals surface area contributed by atoms with Gasteiger partial charge < -0.3 is 10.1 Å². The molecule has 80 valence electrons. The van der Waals surface area contributed by atoms with E-state index in [1.807, 2.05) is 12.1 Å². The molecule has 2 heteroatoms. The molecule has 0 bridgehead atoms. The number of phenolic OH excluding ortho intramolecular Hbond substituents is 1. The second kappa shape index (κ2) is 3.97. The van der Waals surface area contributed by atoms with Crippen LogP contribution in [0.25, 0.3) is 10.9 Å². The number of phenols is 1. The van der Waals surface area contributed by atoms with E-state index >= 15 is 0 Å². The Morgan fingerprint density at radius 2 is 2.13 bits per heavy atom. The summed E-state index contributed by atoms with van der Waals surface area (Å²) >= 11 is 0. The predicted octanol–water partition coefficient (Wildman–Crippen LogP) is 3.52. The molecule has 2 aromatic rings. The lowest BCUT2D eigenvalue weighted by molar-refractivity contribution is 0.476. The highest BCUT2D eigenvalue weighted by molar-refractivity contribution is 5.85. The topological polar surface area (TPSA) is 36.0 Å². The third-order valence-corrected chi connectivity index (χ3v) is 2.93. The number of benzene rings is 1. The van der Waals surface area contributed by atoms with E-state index in [2.05, 4.69) is 18.8 Å². The van der Waals surface area contributed by atoms with E-state index in [0.717, 1.165) is 17.3 Å². The van der Waals surface area contributed by atoms with E-state index in [1.54, 1.807) is 6.07 Å². The van der Waals surface area contributed by atoms with Gasteiger partial charge in [-0.3, -0.25) is 0 Å². The molecule has 0 fully saturated rings. The Bertz CT molecular complexity index is 471. The van der Waals surface area contributed by atoms with E-state index in [9.17, 15) is 5.11 Å². The van der Waals surface area contributed by atoms with Crippen LogP contribution in [0.15, 0.2) is 18.2 Å². The largest absolute Gasteiger partial charge is 0.508 e. The molecule has 1 aromatic heterocycles. The van der Waals surface area contributed by atoms with Crippen molar-refractivity contribution in [1.29, 1.82) is 0 Å². The molecule has 1 aromatic carbocycles. The minimum Gasteiger partial charge on any atom is -0.508 e. The molecule has 2 N–H and O–H groups in total. The van der Waals surface area contributed by atoms with Crippen molar-refractivity contribution in [3.05, 3.63) is 29.5 Å². The molecule has 0 unspecified atom stereocenters. The monoisotopic (exact) mass is 203 g/mol. The molecular formula is C13H17NO. The Morgan fingerprint density at radius 3 is 2.87 bits per heavy atom. The average Bonchev–Trinajstić information content (AvgIpc) is 2.53. The number of nitrogens with one attached hydrogen (secondary N) is 1. The number of aryl methyl sites for hydroxylation is 2. The van der Waals surface area contributed by atoms with Gasteiger partial charge in [0.05, 0.1) is 0 Å². The predicted molar refractivity (Wildman–Crippen MR) is 63.3 cm³/mol. The van der Waals surface area contributed by atoms with Gasteiger partial charge >= 0.3 is 0 Å². The number of fused-ring (bicyclic) bond motifs is 1. The Balaban J connectivity index is 2.45. The molecule has 0 saturated carbocycles. The summed E-state index contributed by atoms with van der Waals surface area (Å²) in [6.45, 7) is 4.31. The minimum absolute atomic E-state index is 0.339. The molecule has 0 radical (unpaired) electrons. The third-order valence-electron chi connectivity index (χ3n) is 2.93. The van der Waals surface area contributed by atoms with Crippen LogP contribution in [0.1, 0.15) is 31.0 Å². The molecule has 2 rings (SSSR count). The van der Waals surface area contributed by atoms with Crippen LogP contribution in [0.3, 0.4) is 0 Å². The SMILES string of the molecule is CCCCc1[nH]c2ccc(O)cc2c1C. The summed E-state index contributed by atoms with van der Waals surface area (Å²) in [5.74, 6) is 0.339. The number of H-pyrrole nitrogens is 1. The maximum atomic E-state index is 9.43. The first kappa shape index (κ1) is 10.1. The van der Waals surface area contributed by atoms with Gasteiger partial charge in [0, 0.05) is 16.6 Å². The Labute approximate surface area is 89.9 Å². The van der Waals surface area contributed by atoms with Gasteiger partial charge in [-0.15, -0.1) is 0 Å². The number of hydrogen-bond donors (Lipinski definition) is 2. The van der Waals surface area contributed by atoms with Crippen LogP contribution in [-0.4, -0.2) is 10.1 Å². The number of aromatic nitrogens is 1. The van der Waals surface area contributed by atoms with E-state index < -0.39 is 0 Å². The average molecular weight is 203 g/mol. The van der Waals surface area contributed by atoms with Crippen molar-refractivity contribution in [2.75, 3.05) is 0 Å². The molecule has 2 nitrogen and oxygen atoms in total. The first-order chi connectivity index (χ1) is 7.22. The Morgan fingerprint density at radius 1 is 1.33 bits per heavy atom. The van der Waals surface area contributed by atoms with Gasteiger partial charge in [-0.1, -0.05) is 13.3 Å². The smallest absolute Gasteiger partial charge is 0.116 e. The van der Waals surface area contributed by atoms with Gasteiger partial charge in [-0.05, 0) is 43.5 Å². The summed E-state index contributed by atoms with van der Waals surface area (Å²) in [6.07, 6.45) is 3.51. The van der Waals surface area contributed by atoms with Gasteiger partial charge in [0.15, 0.2) is 0 Å². The number of unbranched alkanes of at least 4 members (excludes halogenated alkanes) is 1. The summed E-state index contributed by atoms with van der Waals surface area (Å²) in [4.78, 5) is 3.41. The summed E-state index contributed by atoms with van der Waals surface area (Å²) in [7, 11) is 0. The molecule has 0 spiro atoms. The van der Waals surface area contributed by atoms with Crippen molar-refractivity contribution < 1.29 is 5.11 Å². The molecule has 15 heavy (non-hydrogen) atoms. The van der Waals surface area contributed by atoms with E-state index in [0.29, 0.717) is 5.75 Å². The van der Waals surface area contributed by atoms with Gasteiger partial charge in [-0.25, -0.2) is 0 Å². The molecule has 0 aliphatic heterocycles. The van der Waals surface area contributed by atoms with E-state index in [4.69, 9.17) is 0 Å². The standard InChI is InChI=1S/C13H17NO/c1-3-4-5-12-9(2)11-8-10(15)6-7-13(11)14-12/h6-8,14-15H,3-5H2,1-2H3. The fraction of sp³-hybridized carbons (Fsp3) is 0.385. The van der Waals surface area contributed by atoms with Gasteiger partial charge in [-0.2, -0.15) is 0 Å². The summed E-state index contributed by atoms with van der Waals surface area (Å²) in [5.41, 5.74) is 3.70. The van der Waals surface area contributed by atoms with Crippen molar-refractivity contribution >= 4 is 10.9 Å². The summed E-state index contributed by atoms with van der Waals surface area (Å²) in [6, 6.07) is 5.49. The van der Waals surface area contributed by atoms with Gasteiger partial charge in [0.25, 0.3) is 0 Å². The lowest BCUT2D eigenvalue weighted by Crippen LogP contribution is -1.86. The van der Waals surface area contributed by atoms with Crippen LogP contribution in [0, 0.1) is 6.92 Å². The molecule has 0 atom stereocenters. The van der Waals surface area contributed by atoms with Crippen molar-refractivity contribution in [3.63, 3.8) is 0 Å². The number of aromatic hydroxyl groups is 1. The normalized spacial score (nSPS) is 11.1. The van der Waals surface area contributed by atoms with E-state index in [-0.39, 0.29) is 0 Å². The zero-order valence-corrected chi connectivity index (χ0v) is 9.30. The molecule has 0 amide bonds. The zero-order chi connectivity index (χ0) is 10.8. The van der Waals surface area contributed by atoms with E-state index in [1.165, 1.54) is 24.1 Å². The Kier molecular flexibility index (Phi) is 2.67. The van der Waals surface area contributed by atoms with Crippen LogP contribution >= 0.6 is 0 Å². The van der Waals surface area contributed by atoms with Gasteiger partial charge in [0.1, 0.15) is 5.75 Å². The summed E-state index contributed by atoms with van der Waals surface area (Å²) in [5, 5.41) is 10.6. The summed E-state index contributed by atoms with van der Waals surface area (Å²) < 4.78 is 0. The highest BCUT2D eigenvalue weighted by Crippen LogP contribution is 2.26. The highest BCUT2D eigenvalue weighted by Gasteiger charge is 2.07. The molecular weight excluding hydrogens is 186 g/mol. The number of aromatic amines is 1. The second-order valence-electron chi connectivity index (χ2n) is 4.06. The molecule has 0 saturated heterocycles. The molecule has 1 heterocycles.